The molecule has 1 heterocycles. The second kappa shape index (κ2) is 9.45. The van der Waals surface area contributed by atoms with Gasteiger partial charge in [0.05, 0.1) is 18.6 Å². The predicted octanol–water partition coefficient (Wildman–Crippen LogP) is 4.94. The highest BCUT2D eigenvalue weighted by atomic mass is 19.1. The monoisotopic (exact) mass is 425 g/mol. The summed E-state index contributed by atoms with van der Waals surface area (Å²) in [4.78, 5) is 10.8. The van der Waals surface area contributed by atoms with Gasteiger partial charge in [0.15, 0.2) is 0 Å². The van der Waals surface area contributed by atoms with E-state index in [1.807, 2.05) is 19.1 Å². The van der Waals surface area contributed by atoms with Crippen LogP contribution in [0.4, 0.5) is 4.39 Å². The van der Waals surface area contributed by atoms with Crippen molar-refractivity contribution >= 4 is 22.9 Å². The molecule has 3 aromatic rings. The van der Waals surface area contributed by atoms with Crippen molar-refractivity contribution in [3.63, 3.8) is 0 Å². The highest BCUT2D eigenvalue weighted by Gasteiger charge is 2.20. The van der Waals surface area contributed by atoms with Crippen LogP contribution in [0.3, 0.4) is 0 Å². The fraction of sp³-hybridized carbons (Fsp3) is 0.320. The lowest BCUT2D eigenvalue weighted by Crippen LogP contribution is -2.19. The number of aliphatic carboxylic acids is 1. The van der Waals surface area contributed by atoms with Crippen LogP contribution in [0.2, 0.25) is 0 Å². The van der Waals surface area contributed by atoms with Gasteiger partial charge < -0.3 is 19.9 Å². The maximum Gasteiger partial charge on any atom is 0.305 e. The second-order valence-electron chi connectivity index (χ2n) is 8.17. The minimum Gasteiger partial charge on any atom is -0.481 e. The third kappa shape index (κ3) is 5.21. The average Bonchev–Trinajstić information content (AvgIpc) is 2.99. The average molecular weight is 426 g/mol. The highest BCUT2D eigenvalue weighted by Crippen LogP contribution is 2.38. The van der Waals surface area contributed by atoms with Gasteiger partial charge in [0.1, 0.15) is 5.82 Å². The SMILES string of the molecule is Cc1ccc2c(-c3ccc(F)cc3)c(/C=C/[C@H](O)C[C@H](O)CC(=O)O)n(C(C)C)c2c1. The van der Waals surface area contributed by atoms with Crippen molar-refractivity contribution in [2.75, 3.05) is 0 Å². The molecule has 0 bridgehead atoms. The lowest BCUT2D eigenvalue weighted by molar-refractivity contribution is -0.139. The van der Waals surface area contributed by atoms with Gasteiger partial charge in [0, 0.05) is 34.6 Å². The number of aliphatic hydroxyl groups excluding tert-OH is 2. The van der Waals surface area contributed by atoms with Gasteiger partial charge in [-0.25, -0.2) is 4.39 Å². The molecule has 0 aliphatic heterocycles. The molecule has 164 valence electrons. The Balaban J connectivity index is 2.12. The molecule has 0 radical (unpaired) electrons. The molecule has 6 heteroatoms. The van der Waals surface area contributed by atoms with Crippen molar-refractivity contribution in [1.82, 2.24) is 4.57 Å². The quantitative estimate of drug-likeness (QED) is 0.478. The number of aryl methyl sites for hydroxylation is 1. The first-order chi connectivity index (χ1) is 14.7. The summed E-state index contributed by atoms with van der Waals surface area (Å²) in [5.74, 6) is -1.43. The number of aromatic nitrogens is 1. The summed E-state index contributed by atoms with van der Waals surface area (Å²) in [6, 6.07) is 12.6. The van der Waals surface area contributed by atoms with Crippen LogP contribution in [-0.4, -0.2) is 38.1 Å². The molecule has 2 aromatic carbocycles. The van der Waals surface area contributed by atoms with Gasteiger partial charge in [-0.1, -0.05) is 30.3 Å². The van der Waals surface area contributed by atoms with Crippen LogP contribution in [0, 0.1) is 12.7 Å². The largest absolute Gasteiger partial charge is 0.481 e. The third-order valence-corrected chi connectivity index (χ3v) is 5.25. The zero-order valence-electron chi connectivity index (χ0n) is 17.9. The molecule has 5 nitrogen and oxygen atoms in total. The van der Waals surface area contributed by atoms with Gasteiger partial charge in [-0.3, -0.25) is 4.79 Å². The first-order valence-corrected chi connectivity index (χ1v) is 10.3. The van der Waals surface area contributed by atoms with E-state index in [0.717, 1.165) is 33.3 Å². The van der Waals surface area contributed by atoms with Crippen molar-refractivity contribution in [2.24, 2.45) is 0 Å². The number of hydrogen-bond acceptors (Lipinski definition) is 3. The first-order valence-electron chi connectivity index (χ1n) is 10.3. The van der Waals surface area contributed by atoms with E-state index in [1.54, 1.807) is 24.3 Å². The molecule has 3 rings (SSSR count). The lowest BCUT2D eigenvalue weighted by Gasteiger charge is -2.15. The Morgan fingerprint density at radius 1 is 1.13 bits per heavy atom. The van der Waals surface area contributed by atoms with Crippen LogP contribution in [0.1, 0.15) is 44.0 Å². The summed E-state index contributed by atoms with van der Waals surface area (Å²) in [7, 11) is 0. The van der Waals surface area contributed by atoms with Gasteiger partial charge in [-0.05, 0) is 56.2 Å². The Hall–Kier alpha value is -2.96. The van der Waals surface area contributed by atoms with Crippen LogP contribution >= 0.6 is 0 Å². The predicted molar refractivity (Wildman–Crippen MR) is 120 cm³/mol. The summed E-state index contributed by atoms with van der Waals surface area (Å²) < 4.78 is 15.7. The molecule has 0 saturated carbocycles. The van der Waals surface area contributed by atoms with E-state index in [4.69, 9.17) is 5.11 Å². The number of nitrogens with zero attached hydrogens (tertiary/aromatic N) is 1. The number of aliphatic hydroxyl groups is 2. The standard InChI is InChI=1S/C25H28FNO4/c1-15(2)27-22(11-9-19(28)13-20(29)14-24(30)31)25(17-5-7-18(26)8-6-17)21-10-4-16(3)12-23(21)27/h4-12,15,19-20,28-29H,13-14H2,1-3H3,(H,30,31)/b11-9+/t19-,20-/m0/s1. The Bertz CT molecular complexity index is 1100. The molecule has 0 spiro atoms. The Morgan fingerprint density at radius 2 is 1.81 bits per heavy atom. The zero-order valence-corrected chi connectivity index (χ0v) is 17.9. The van der Waals surface area contributed by atoms with Crippen molar-refractivity contribution in [2.45, 2.75) is 51.9 Å². The molecule has 2 atom stereocenters. The number of benzene rings is 2. The van der Waals surface area contributed by atoms with Crippen LogP contribution in [0.15, 0.2) is 48.5 Å². The van der Waals surface area contributed by atoms with Crippen molar-refractivity contribution in [3.8, 4) is 11.1 Å². The summed E-state index contributed by atoms with van der Waals surface area (Å²) in [6.45, 7) is 6.17. The molecule has 0 unspecified atom stereocenters. The van der Waals surface area contributed by atoms with E-state index in [-0.39, 0.29) is 18.3 Å². The van der Waals surface area contributed by atoms with Gasteiger partial charge in [0.2, 0.25) is 0 Å². The Labute approximate surface area is 181 Å². The molecule has 0 fully saturated rings. The van der Waals surface area contributed by atoms with Crippen LogP contribution < -0.4 is 0 Å². The van der Waals surface area contributed by atoms with Crippen LogP contribution in [0.5, 0.6) is 0 Å². The Kier molecular flexibility index (Phi) is 6.93. The number of carboxylic acid groups (broad SMARTS) is 1. The highest BCUT2D eigenvalue weighted by molar-refractivity contribution is 6.01. The van der Waals surface area contributed by atoms with Gasteiger partial charge in [0.25, 0.3) is 0 Å². The smallest absolute Gasteiger partial charge is 0.305 e. The van der Waals surface area contributed by atoms with E-state index in [1.165, 1.54) is 12.1 Å². The summed E-state index contributed by atoms with van der Waals surface area (Å²) >= 11 is 0. The fourth-order valence-corrected chi connectivity index (χ4v) is 3.92. The molecule has 31 heavy (non-hydrogen) atoms. The molecule has 0 aliphatic carbocycles. The van der Waals surface area contributed by atoms with E-state index >= 15 is 0 Å². The summed E-state index contributed by atoms with van der Waals surface area (Å²) in [5.41, 5.74) is 4.79. The number of carboxylic acids is 1. The van der Waals surface area contributed by atoms with Gasteiger partial charge >= 0.3 is 5.97 Å². The van der Waals surface area contributed by atoms with Gasteiger partial charge in [-0.15, -0.1) is 0 Å². The number of rotatable bonds is 8. The molecule has 0 amide bonds. The Morgan fingerprint density at radius 3 is 2.42 bits per heavy atom. The van der Waals surface area contributed by atoms with Crippen LogP contribution in [0.25, 0.3) is 28.1 Å². The van der Waals surface area contributed by atoms with E-state index in [9.17, 15) is 19.4 Å². The molecule has 0 saturated heterocycles. The van der Waals surface area contributed by atoms with E-state index in [0.29, 0.717) is 0 Å². The topological polar surface area (TPSA) is 82.7 Å². The maximum absolute atomic E-state index is 13.6. The van der Waals surface area contributed by atoms with Crippen LogP contribution in [-0.2, 0) is 4.79 Å². The molecule has 3 N–H and O–H groups in total. The zero-order chi connectivity index (χ0) is 22.7. The minimum atomic E-state index is -1.13. The summed E-state index contributed by atoms with van der Waals surface area (Å²) in [6.07, 6.45) is 0.736. The molecular formula is C25H28FNO4. The lowest BCUT2D eigenvalue weighted by atomic mass is 10.00. The van der Waals surface area contributed by atoms with Gasteiger partial charge in [-0.2, -0.15) is 0 Å². The second-order valence-corrected chi connectivity index (χ2v) is 8.17. The van der Waals surface area contributed by atoms with Crippen molar-refractivity contribution in [3.05, 3.63) is 65.6 Å². The van der Waals surface area contributed by atoms with Crippen molar-refractivity contribution < 1.29 is 24.5 Å². The molecule has 1 aromatic heterocycles. The van der Waals surface area contributed by atoms with Crippen molar-refractivity contribution in [1.29, 1.82) is 0 Å². The fourth-order valence-electron chi connectivity index (χ4n) is 3.92. The molecule has 0 aliphatic rings. The third-order valence-electron chi connectivity index (χ3n) is 5.25. The van der Waals surface area contributed by atoms with E-state index < -0.39 is 24.6 Å². The number of fused-ring (bicyclic) bond motifs is 1. The number of hydrogen-bond donors (Lipinski definition) is 3. The number of carbonyl (C=O) groups is 1. The number of halogens is 1. The minimum absolute atomic E-state index is 0.0737. The molecular weight excluding hydrogens is 397 g/mol. The first kappa shape index (κ1) is 22.7. The summed E-state index contributed by atoms with van der Waals surface area (Å²) in [5, 5.41) is 30.0. The maximum atomic E-state index is 13.6. The normalized spacial score (nSPS) is 13.9. The van der Waals surface area contributed by atoms with E-state index in [2.05, 4.69) is 24.5 Å².